The lowest BCUT2D eigenvalue weighted by atomic mass is 10.2. The van der Waals surface area contributed by atoms with Gasteiger partial charge in [0.25, 0.3) is 0 Å². The molecule has 4 rings (SSSR count). The number of fused-ring (bicyclic) bond motifs is 1. The van der Waals surface area contributed by atoms with Crippen molar-refractivity contribution in [2.24, 2.45) is 0 Å². The fraction of sp³-hybridized carbons (Fsp3) is 0.238. The van der Waals surface area contributed by atoms with Crippen LogP contribution in [0.2, 0.25) is 0 Å². The molecule has 2 heterocycles. The fourth-order valence-electron chi connectivity index (χ4n) is 3.00. The number of hydrogen-bond acceptors (Lipinski definition) is 5. The predicted octanol–water partition coefficient (Wildman–Crippen LogP) is 5.32. The molecule has 0 aliphatic carbocycles. The monoisotopic (exact) mass is 379 g/mol. The van der Waals surface area contributed by atoms with Crippen LogP contribution in [0, 0.1) is 6.92 Å². The highest BCUT2D eigenvalue weighted by molar-refractivity contribution is 7.98. The van der Waals surface area contributed by atoms with Gasteiger partial charge in [-0.2, -0.15) is 0 Å². The van der Waals surface area contributed by atoms with Crippen LogP contribution in [0.3, 0.4) is 0 Å². The largest absolute Gasteiger partial charge is 0.493 e. The summed E-state index contributed by atoms with van der Waals surface area (Å²) in [6, 6.07) is 16.4. The number of nitrogens with zero attached hydrogens (tertiary/aromatic N) is 3. The molecular formula is C21H21N3O2S. The molecule has 0 amide bonds. The number of thioether (sulfide) groups is 1. The highest BCUT2D eigenvalue weighted by Gasteiger charge is 2.18. The Bertz CT molecular complexity index is 1070. The summed E-state index contributed by atoms with van der Waals surface area (Å²) < 4.78 is 13.5. The van der Waals surface area contributed by atoms with Crippen molar-refractivity contribution in [3.8, 4) is 17.3 Å². The average molecular weight is 379 g/mol. The van der Waals surface area contributed by atoms with Crippen molar-refractivity contribution >= 4 is 22.7 Å². The second-order valence-electron chi connectivity index (χ2n) is 6.31. The summed E-state index contributed by atoms with van der Waals surface area (Å²) in [6.07, 6.45) is 0. The van der Waals surface area contributed by atoms with E-state index in [0.717, 1.165) is 40.0 Å². The molecule has 0 bridgehead atoms. The Morgan fingerprint density at radius 1 is 1.11 bits per heavy atom. The molecule has 0 fully saturated rings. The SMILES string of the molecule is CCn1c(SCc2ccc(C)cc2)nnc1-c1cc2cccc(OC)c2o1. The summed E-state index contributed by atoms with van der Waals surface area (Å²) >= 11 is 1.68. The van der Waals surface area contributed by atoms with Gasteiger partial charge in [-0.05, 0) is 31.5 Å². The Hall–Kier alpha value is -2.73. The zero-order valence-corrected chi connectivity index (χ0v) is 16.4. The van der Waals surface area contributed by atoms with Gasteiger partial charge in [0.1, 0.15) is 0 Å². The Morgan fingerprint density at radius 2 is 1.93 bits per heavy atom. The summed E-state index contributed by atoms with van der Waals surface area (Å²) in [7, 11) is 1.64. The minimum absolute atomic E-state index is 0.700. The third-order valence-corrected chi connectivity index (χ3v) is 5.51. The molecule has 0 spiro atoms. The molecule has 0 atom stereocenters. The van der Waals surface area contributed by atoms with Crippen LogP contribution in [-0.2, 0) is 12.3 Å². The standard InChI is InChI=1S/C21H21N3O2S/c1-4-24-20(18-12-16-6-5-7-17(25-3)19(16)26-18)22-23-21(24)27-13-15-10-8-14(2)9-11-15/h5-12H,4,13H2,1-3H3. The summed E-state index contributed by atoms with van der Waals surface area (Å²) in [5.41, 5.74) is 3.27. The lowest BCUT2D eigenvalue weighted by Crippen LogP contribution is -1.99. The third kappa shape index (κ3) is 3.45. The van der Waals surface area contributed by atoms with Gasteiger partial charge in [-0.3, -0.25) is 4.57 Å². The van der Waals surface area contributed by atoms with Gasteiger partial charge in [0.2, 0.25) is 5.82 Å². The normalized spacial score (nSPS) is 11.2. The first kappa shape index (κ1) is 17.7. The van der Waals surface area contributed by atoms with Gasteiger partial charge in [-0.25, -0.2) is 0 Å². The first-order chi connectivity index (χ1) is 13.2. The van der Waals surface area contributed by atoms with Gasteiger partial charge < -0.3 is 9.15 Å². The number of furan rings is 1. The van der Waals surface area contributed by atoms with E-state index in [0.29, 0.717) is 5.76 Å². The highest BCUT2D eigenvalue weighted by atomic mass is 32.2. The quantitative estimate of drug-likeness (QED) is 0.424. The van der Waals surface area contributed by atoms with Crippen molar-refractivity contribution in [1.82, 2.24) is 14.8 Å². The summed E-state index contributed by atoms with van der Waals surface area (Å²) in [6.45, 7) is 4.96. The fourth-order valence-corrected chi connectivity index (χ4v) is 3.96. The van der Waals surface area contributed by atoms with Crippen molar-refractivity contribution in [2.45, 2.75) is 31.3 Å². The van der Waals surface area contributed by atoms with Gasteiger partial charge in [0.15, 0.2) is 22.2 Å². The number of rotatable bonds is 6. The van der Waals surface area contributed by atoms with Crippen LogP contribution in [-0.4, -0.2) is 21.9 Å². The van der Waals surface area contributed by atoms with Crippen LogP contribution in [0.15, 0.2) is 58.1 Å². The minimum atomic E-state index is 0.700. The molecule has 0 radical (unpaired) electrons. The van der Waals surface area contributed by atoms with Crippen molar-refractivity contribution in [1.29, 1.82) is 0 Å². The van der Waals surface area contributed by atoms with Crippen molar-refractivity contribution < 1.29 is 9.15 Å². The van der Waals surface area contributed by atoms with E-state index in [2.05, 4.69) is 52.9 Å². The molecule has 4 aromatic rings. The zero-order valence-electron chi connectivity index (χ0n) is 15.6. The first-order valence-electron chi connectivity index (χ1n) is 8.88. The van der Waals surface area contributed by atoms with Crippen molar-refractivity contribution in [2.75, 3.05) is 7.11 Å². The molecule has 138 valence electrons. The molecule has 6 heteroatoms. The molecule has 0 aliphatic rings. The highest BCUT2D eigenvalue weighted by Crippen LogP contribution is 2.34. The van der Waals surface area contributed by atoms with Crippen LogP contribution in [0.5, 0.6) is 5.75 Å². The minimum Gasteiger partial charge on any atom is -0.493 e. The second kappa shape index (κ2) is 7.48. The Morgan fingerprint density at radius 3 is 2.67 bits per heavy atom. The molecule has 0 N–H and O–H groups in total. The lowest BCUT2D eigenvalue weighted by Gasteiger charge is -2.06. The number of hydrogen-bond donors (Lipinski definition) is 0. The van der Waals surface area contributed by atoms with Gasteiger partial charge in [0.05, 0.1) is 7.11 Å². The number of methoxy groups -OCH3 is 1. The smallest absolute Gasteiger partial charge is 0.200 e. The molecular weight excluding hydrogens is 358 g/mol. The number of para-hydroxylation sites is 1. The Labute approximate surface area is 162 Å². The van der Waals surface area contributed by atoms with E-state index >= 15 is 0 Å². The van der Waals surface area contributed by atoms with E-state index in [9.17, 15) is 0 Å². The summed E-state index contributed by atoms with van der Waals surface area (Å²) in [5, 5.41) is 10.7. The molecule has 0 saturated carbocycles. The molecule has 5 nitrogen and oxygen atoms in total. The molecule has 0 aliphatic heterocycles. The van der Waals surface area contributed by atoms with Crippen molar-refractivity contribution in [3.05, 3.63) is 59.7 Å². The van der Waals surface area contributed by atoms with Gasteiger partial charge in [0, 0.05) is 17.7 Å². The van der Waals surface area contributed by atoms with E-state index in [1.165, 1.54) is 11.1 Å². The van der Waals surface area contributed by atoms with E-state index in [1.807, 2.05) is 24.3 Å². The molecule has 0 saturated heterocycles. The number of aryl methyl sites for hydroxylation is 1. The van der Waals surface area contributed by atoms with E-state index in [4.69, 9.17) is 9.15 Å². The third-order valence-electron chi connectivity index (χ3n) is 4.47. The zero-order chi connectivity index (χ0) is 18.8. The maximum absolute atomic E-state index is 6.05. The van der Waals surface area contributed by atoms with Crippen LogP contribution >= 0.6 is 11.8 Å². The number of ether oxygens (including phenoxy) is 1. The Balaban J connectivity index is 1.63. The van der Waals surface area contributed by atoms with Gasteiger partial charge >= 0.3 is 0 Å². The maximum Gasteiger partial charge on any atom is 0.200 e. The van der Waals surface area contributed by atoms with Gasteiger partial charge in [-0.1, -0.05) is 53.7 Å². The number of aromatic nitrogens is 3. The first-order valence-corrected chi connectivity index (χ1v) is 9.86. The van der Waals surface area contributed by atoms with Gasteiger partial charge in [-0.15, -0.1) is 10.2 Å². The average Bonchev–Trinajstić information content (AvgIpc) is 3.30. The van der Waals surface area contributed by atoms with E-state index < -0.39 is 0 Å². The summed E-state index contributed by atoms with van der Waals surface area (Å²) in [4.78, 5) is 0. The number of benzene rings is 2. The van der Waals surface area contributed by atoms with Crippen LogP contribution in [0.1, 0.15) is 18.1 Å². The summed E-state index contributed by atoms with van der Waals surface area (Å²) in [5.74, 6) is 3.01. The molecule has 2 aromatic heterocycles. The van der Waals surface area contributed by atoms with Crippen LogP contribution < -0.4 is 4.74 Å². The lowest BCUT2D eigenvalue weighted by molar-refractivity contribution is 0.410. The van der Waals surface area contributed by atoms with Crippen LogP contribution in [0.4, 0.5) is 0 Å². The maximum atomic E-state index is 6.05. The van der Waals surface area contributed by atoms with Crippen molar-refractivity contribution in [3.63, 3.8) is 0 Å². The topological polar surface area (TPSA) is 53.1 Å². The Kier molecular flexibility index (Phi) is 4.90. The molecule has 27 heavy (non-hydrogen) atoms. The predicted molar refractivity (Wildman–Crippen MR) is 108 cm³/mol. The molecule has 0 unspecified atom stereocenters. The second-order valence-corrected chi connectivity index (χ2v) is 7.26. The van der Waals surface area contributed by atoms with Crippen LogP contribution in [0.25, 0.3) is 22.6 Å². The van der Waals surface area contributed by atoms with E-state index in [1.54, 1.807) is 18.9 Å². The van der Waals surface area contributed by atoms with E-state index in [-0.39, 0.29) is 0 Å². The molecule has 2 aromatic carbocycles.